The van der Waals surface area contributed by atoms with Crippen molar-refractivity contribution < 1.29 is 0 Å². The monoisotopic (exact) mass is 310 g/mol. The molecule has 0 radical (unpaired) electrons. The van der Waals surface area contributed by atoms with E-state index in [1.165, 1.54) is 37.5 Å². The number of benzene rings is 3. The number of rotatable bonds is 1. The maximum absolute atomic E-state index is 3.68. The summed E-state index contributed by atoms with van der Waals surface area (Å²) in [6.07, 6.45) is 0. The van der Waals surface area contributed by atoms with E-state index in [2.05, 4.69) is 84.4 Å². The molecule has 3 aromatic rings. The van der Waals surface area contributed by atoms with E-state index < -0.39 is 0 Å². The molecule has 0 unspecified atom stereocenters. The van der Waals surface area contributed by atoms with Crippen molar-refractivity contribution in [2.75, 3.05) is 0 Å². The summed E-state index contributed by atoms with van der Waals surface area (Å²) in [5, 5.41) is 2.63. The summed E-state index contributed by atoms with van der Waals surface area (Å²) >= 11 is 3.68. The summed E-state index contributed by atoms with van der Waals surface area (Å²) in [5.41, 5.74) is 5.26. The molecule has 0 aliphatic rings. The summed E-state index contributed by atoms with van der Waals surface area (Å²) in [6, 6.07) is 19.3. The molecular weight excluding hydrogens is 296 g/mol. The van der Waals surface area contributed by atoms with Gasteiger partial charge >= 0.3 is 0 Å². The van der Waals surface area contributed by atoms with E-state index in [0.717, 1.165) is 0 Å². The minimum absolute atomic E-state index is 1.17. The lowest BCUT2D eigenvalue weighted by molar-refractivity contribution is 1.42. The first-order valence-electron chi connectivity index (χ1n) is 6.42. The van der Waals surface area contributed by atoms with Crippen LogP contribution in [0.2, 0.25) is 0 Å². The predicted molar refractivity (Wildman–Crippen MR) is 86.6 cm³/mol. The van der Waals surface area contributed by atoms with E-state index in [4.69, 9.17) is 0 Å². The predicted octanol–water partition coefficient (Wildman–Crippen LogP) is 5.89. The Hall–Kier alpha value is -1.60. The van der Waals surface area contributed by atoms with Gasteiger partial charge in [-0.15, -0.1) is 0 Å². The van der Waals surface area contributed by atoms with Crippen LogP contribution in [0.3, 0.4) is 0 Å². The van der Waals surface area contributed by atoms with Crippen molar-refractivity contribution in [2.45, 2.75) is 13.8 Å². The lowest BCUT2D eigenvalue weighted by Gasteiger charge is -2.14. The van der Waals surface area contributed by atoms with Gasteiger partial charge < -0.3 is 0 Å². The average Bonchev–Trinajstić information content (AvgIpc) is 2.39. The minimum Gasteiger partial charge on any atom is -0.0622 e. The number of halogens is 1. The van der Waals surface area contributed by atoms with Gasteiger partial charge in [0.25, 0.3) is 0 Å². The fourth-order valence-electron chi connectivity index (χ4n) is 2.80. The summed E-state index contributed by atoms with van der Waals surface area (Å²) in [7, 11) is 0. The summed E-state index contributed by atoms with van der Waals surface area (Å²) < 4.78 is 1.17. The van der Waals surface area contributed by atoms with E-state index in [1.54, 1.807) is 0 Å². The molecule has 0 bridgehead atoms. The van der Waals surface area contributed by atoms with Gasteiger partial charge in [-0.3, -0.25) is 0 Å². The van der Waals surface area contributed by atoms with E-state index in [0.29, 0.717) is 0 Å². The zero-order chi connectivity index (χ0) is 13.4. The molecule has 3 rings (SSSR count). The van der Waals surface area contributed by atoms with Crippen molar-refractivity contribution in [2.24, 2.45) is 0 Å². The van der Waals surface area contributed by atoms with Crippen LogP contribution in [0, 0.1) is 13.8 Å². The lowest BCUT2D eigenvalue weighted by atomic mass is 9.91. The molecule has 0 saturated carbocycles. The second-order valence-electron chi connectivity index (χ2n) is 4.91. The molecule has 0 amide bonds. The largest absolute Gasteiger partial charge is 0.0622 e. The van der Waals surface area contributed by atoms with Crippen LogP contribution >= 0.6 is 15.9 Å². The first kappa shape index (κ1) is 12.4. The van der Waals surface area contributed by atoms with Gasteiger partial charge in [-0.25, -0.2) is 0 Å². The van der Waals surface area contributed by atoms with Crippen LogP contribution in [0.5, 0.6) is 0 Å². The third-order valence-corrected chi connectivity index (χ3v) is 4.23. The van der Waals surface area contributed by atoms with Gasteiger partial charge in [0.2, 0.25) is 0 Å². The van der Waals surface area contributed by atoms with Crippen LogP contribution in [0.1, 0.15) is 11.1 Å². The molecule has 0 aromatic heterocycles. The summed E-state index contributed by atoms with van der Waals surface area (Å²) in [5.74, 6) is 0. The molecule has 0 heterocycles. The van der Waals surface area contributed by atoms with Crippen molar-refractivity contribution in [3.8, 4) is 11.1 Å². The Balaban J connectivity index is 2.46. The van der Waals surface area contributed by atoms with Gasteiger partial charge in [0, 0.05) is 4.47 Å². The Morgan fingerprint density at radius 1 is 0.789 bits per heavy atom. The van der Waals surface area contributed by atoms with Crippen LogP contribution in [0.15, 0.2) is 59.1 Å². The fraction of sp³-hybridized carbons (Fsp3) is 0.111. The van der Waals surface area contributed by atoms with Gasteiger partial charge in [0.15, 0.2) is 0 Å². The summed E-state index contributed by atoms with van der Waals surface area (Å²) in [6.45, 7) is 4.37. The molecule has 0 N–H and O–H groups in total. The van der Waals surface area contributed by atoms with E-state index in [1.807, 2.05) is 0 Å². The standard InChI is InChI=1S/C18H15Br/c1-12-11-13(2)18-15(9-6-10-16(18)19)17(12)14-7-4-3-5-8-14/h3-11H,1-2H3. The van der Waals surface area contributed by atoms with Gasteiger partial charge in [-0.2, -0.15) is 0 Å². The third-order valence-electron chi connectivity index (χ3n) is 3.57. The van der Waals surface area contributed by atoms with Crippen LogP contribution in [0.4, 0.5) is 0 Å². The molecule has 0 saturated heterocycles. The maximum Gasteiger partial charge on any atom is 0.0256 e. The number of aryl methyl sites for hydroxylation is 2. The van der Waals surface area contributed by atoms with Crippen molar-refractivity contribution in [3.63, 3.8) is 0 Å². The Kier molecular flexibility index (Phi) is 3.16. The molecule has 0 nitrogen and oxygen atoms in total. The molecule has 0 aliphatic heterocycles. The van der Waals surface area contributed by atoms with Crippen molar-refractivity contribution >= 4 is 26.7 Å². The lowest BCUT2D eigenvalue weighted by Crippen LogP contribution is -1.90. The van der Waals surface area contributed by atoms with Crippen molar-refractivity contribution in [1.82, 2.24) is 0 Å². The number of hydrogen-bond acceptors (Lipinski definition) is 0. The first-order valence-corrected chi connectivity index (χ1v) is 7.21. The second-order valence-corrected chi connectivity index (χ2v) is 5.77. The zero-order valence-corrected chi connectivity index (χ0v) is 12.7. The van der Waals surface area contributed by atoms with E-state index in [9.17, 15) is 0 Å². The Bertz CT molecular complexity index is 742. The normalized spacial score (nSPS) is 10.9. The second kappa shape index (κ2) is 4.82. The van der Waals surface area contributed by atoms with Crippen molar-refractivity contribution in [1.29, 1.82) is 0 Å². The van der Waals surface area contributed by atoms with Gasteiger partial charge in [0.05, 0.1) is 0 Å². The summed E-state index contributed by atoms with van der Waals surface area (Å²) in [4.78, 5) is 0. The minimum atomic E-state index is 1.17. The van der Waals surface area contributed by atoms with Crippen molar-refractivity contribution in [3.05, 3.63) is 70.2 Å². The third kappa shape index (κ3) is 2.08. The topological polar surface area (TPSA) is 0 Å². The molecular formula is C18H15Br. The molecule has 0 spiro atoms. The molecule has 0 fully saturated rings. The molecule has 1 heteroatoms. The van der Waals surface area contributed by atoms with Crippen LogP contribution in [-0.4, -0.2) is 0 Å². The van der Waals surface area contributed by atoms with Gasteiger partial charge in [-0.05, 0) is 52.9 Å². The molecule has 3 aromatic carbocycles. The Labute approximate surface area is 122 Å². The zero-order valence-electron chi connectivity index (χ0n) is 11.1. The molecule has 0 aliphatic carbocycles. The number of hydrogen-bond donors (Lipinski definition) is 0. The maximum atomic E-state index is 3.68. The highest BCUT2D eigenvalue weighted by molar-refractivity contribution is 9.10. The Morgan fingerprint density at radius 2 is 1.53 bits per heavy atom. The number of fused-ring (bicyclic) bond motifs is 1. The highest BCUT2D eigenvalue weighted by Crippen LogP contribution is 2.37. The van der Waals surface area contributed by atoms with Gasteiger partial charge in [0.1, 0.15) is 0 Å². The fourth-order valence-corrected chi connectivity index (χ4v) is 3.48. The SMILES string of the molecule is Cc1cc(C)c2c(Br)cccc2c1-c1ccccc1. The van der Waals surface area contributed by atoms with E-state index in [-0.39, 0.29) is 0 Å². The molecule has 0 atom stereocenters. The molecule has 94 valence electrons. The van der Waals surface area contributed by atoms with Crippen LogP contribution < -0.4 is 0 Å². The molecule has 19 heavy (non-hydrogen) atoms. The van der Waals surface area contributed by atoms with E-state index >= 15 is 0 Å². The smallest absolute Gasteiger partial charge is 0.0256 e. The first-order chi connectivity index (χ1) is 9.18. The average molecular weight is 311 g/mol. The highest BCUT2D eigenvalue weighted by atomic mass is 79.9. The Morgan fingerprint density at radius 3 is 2.26 bits per heavy atom. The van der Waals surface area contributed by atoms with Crippen LogP contribution in [0.25, 0.3) is 21.9 Å². The quantitative estimate of drug-likeness (QED) is 0.526. The van der Waals surface area contributed by atoms with Crippen LogP contribution in [-0.2, 0) is 0 Å². The van der Waals surface area contributed by atoms with Gasteiger partial charge in [-0.1, -0.05) is 64.5 Å². The highest BCUT2D eigenvalue weighted by Gasteiger charge is 2.11.